The van der Waals surface area contributed by atoms with Crippen LogP contribution in [0.4, 0.5) is 5.82 Å². The van der Waals surface area contributed by atoms with Gasteiger partial charge in [0.2, 0.25) is 5.91 Å². The predicted molar refractivity (Wildman–Crippen MR) is 105 cm³/mol. The van der Waals surface area contributed by atoms with Crippen molar-refractivity contribution in [2.45, 2.75) is 31.4 Å². The molecule has 1 aromatic carbocycles. The van der Waals surface area contributed by atoms with E-state index in [1.807, 2.05) is 6.92 Å². The minimum absolute atomic E-state index is 0.0521. The number of halogens is 2. The predicted octanol–water partition coefficient (Wildman–Crippen LogP) is 3.72. The molecule has 0 unspecified atom stereocenters. The standard InChI is InChI=1S/C17H18Cl2N4O2S/c1-2-5-20-15(24)7-23-16(12-8-26-9-14(12)22-23)21-17(25)11-6-10(18)3-4-13(11)19/h3-4,6H,2,5,7-9H2,1H3,(H,20,24)(H,21,25). The average molecular weight is 413 g/mol. The SMILES string of the molecule is CCCNC(=O)Cn1nc2c(c1NC(=O)c1cc(Cl)ccc1Cl)CSC2. The zero-order valence-corrected chi connectivity index (χ0v) is 16.5. The van der Waals surface area contributed by atoms with Crippen LogP contribution in [0, 0.1) is 0 Å². The zero-order valence-electron chi connectivity index (χ0n) is 14.1. The number of nitrogens with one attached hydrogen (secondary N) is 2. The highest BCUT2D eigenvalue weighted by Crippen LogP contribution is 2.35. The second-order valence-electron chi connectivity index (χ2n) is 5.85. The highest BCUT2D eigenvalue weighted by Gasteiger charge is 2.25. The Hall–Kier alpha value is -1.70. The van der Waals surface area contributed by atoms with E-state index in [1.54, 1.807) is 28.6 Å². The number of nitrogens with zero attached hydrogens (tertiary/aromatic N) is 2. The third-order valence-electron chi connectivity index (χ3n) is 3.89. The highest BCUT2D eigenvalue weighted by atomic mass is 35.5. The fourth-order valence-electron chi connectivity index (χ4n) is 2.62. The maximum atomic E-state index is 12.7. The van der Waals surface area contributed by atoms with Gasteiger partial charge in [0.15, 0.2) is 0 Å². The quantitative estimate of drug-likeness (QED) is 0.757. The molecule has 1 aliphatic rings. The molecule has 9 heteroatoms. The largest absolute Gasteiger partial charge is 0.355 e. The van der Waals surface area contributed by atoms with Crippen LogP contribution in [-0.2, 0) is 22.8 Å². The molecule has 0 fully saturated rings. The maximum absolute atomic E-state index is 12.7. The van der Waals surface area contributed by atoms with Crippen LogP contribution in [0.5, 0.6) is 0 Å². The summed E-state index contributed by atoms with van der Waals surface area (Å²) in [4.78, 5) is 24.8. The van der Waals surface area contributed by atoms with E-state index < -0.39 is 0 Å². The van der Waals surface area contributed by atoms with Gasteiger partial charge in [0.05, 0.1) is 16.3 Å². The van der Waals surface area contributed by atoms with Gasteiger partial charge in [-0.15, -0.1) is 0 Å². The summed E-state index contributed by atoms with van der Waals surface area (Å²) in [6, 6.07) is 4.72. The van der Waals surface area contributed by atoms with Crippen LogP contribution in [0.1, 0.15) is 35.0 Å². The molecule has 1 aliphatic heterocycles. The van der Waals surface area contributed by atoms with Crippen LogP contribution in [0.3, 0.4) is 0 Å². The summed E-state index contributed by atoms with van der Waals surface area (Å²) in [6.07, 6.45) is 0.856. The fourth-order valence-corrected chi connectivity index (χ4v) is 4.03. The number of amides is 2. The second kappa shape index (κ2) is 8.33. The summed E-state index contributed by atoms with van der Waals surface area (Å²) in [6.45, 7) is 2.65. The number of thioether (sulfide) groups is 1. The molecule has 138 valence electrons. The molecule has 2 amide bonds. The molecule has 0 bridgehead atoms. The molecule has 0 radical (unpaired) electrons. The first-order valence-electron chi connectivity index (χ1n) is 8.19. The van der Waals surface area contributed by atoms with Gasteiger partial charge in [-0.25, -0.2) is 4.68 Å². The molecule has 2 heterocycles. The highest BCUT2D eigenvalue weighted by molar-refractivity contribution is 7.98. The van der Waals surface area contributed by atoms with E-state index in [-0.39, 0.29) is 23.9 Å². The first-order valence-corrected chi connectivity index (χ1v) is 10.1. The van der Waals surface area contributed by atoms with E-state index in [0.29, 0.717) is 22.4 Å². The summed E-state index contributed by atoms with van der Waals surface area (Å²) in [5.74, 6) is 1.52. The number of hydrogen-bond acceptors (Lipinski definition) is 4. The van der Waals surface area contributed by atoms with Crippen molar-refractivity contribution in [1.29, 1.82) is 0 Å². The van der Waals surface area contributed by atoms with Crippen molar-refractivity contribution in [1.82, 2.24) is 15.1 Å². The van der Waals surface area contributed by atoms with E-state index in [0.717, 1.165) is 29.2 Å². The van der Waals surface area contributed by atoms with E-state index in [4.69, 9.17) is 23.2 Å². The van der Waals surface area contributed by atoms with Crippen molar-refractivity contribution in [3.63, 3.8) is 0 Å². The van der Waals surface area contributed by atoms with Crippen LogP contribution >= 0.6 is 35.0 Å². The van der Waals surface area contributed by atoms with Crippen LogP contribution in [-0.4, -0.2) is 28.1 Å². The fraction of sp³-hybridized carbons (Fsp3) is 0.353. The van der Waals surface area contributed by atoms with Gasteiger partial charge < -0.3 is 10.6 Å². The Kier molecular flexibility index (Phi) is 6.11. The number of carbonyl (C=O) groups is 2. The number of fused-ring (bicyclic) bond motifs is 1. The Bertz CT molecular complexity index is 854. The van der Waals surface area contributed by atoms with Gasteiger partial charge in [0.1, 0.15) is 12.4 Å². The number of aromatic nitrogens is 2. The van der Waals surface area contributed by atoms with Crippen molar-refractivity contribution in [2.24, 2.45) is 0 Å². The molecule has 26 heavy (non-hydrogen) atoms. The Balaban J connectivity index is 1.85. The van der Waals surface area contributed by atoms with Crippen molar-refractivity contribution in [3.8, 4) is 0 Å². The van der Waals surface area contributed by atoms with E-state index >= 15 is 0 Å². The minimum Gasteiger partial charge on any atom is -0.355 e. The molecule has 3 rings (SSSR count). The summed E-state index contributed by atoms with van der Waals surface area (Å²) in [5.41, 5.74) is 2.12. The average Bonchev–Trinajstić information content (AvgIpc) is 3.18. The number of carbonyl (C=O) groups excluding carboxylic acids is 2. The molecule has 0 saturated heterocycles. The number of rotatable bonds is 6. The normalized spacial score (nSPS) is 12.7. The number of hydrogen-bond donors (Lipinski definition) is 2. The lowest BCUT2D eigenvalue weighted by atomic mass is 10.2. The van der Waals surface area contributed by atoms with Crippen LogP contribution in [0.15, 0.2) is 18.2 Å². The molecule has 2 N–H and O–H groups in total. The summed E-state index contributed by atoms with van der Waals surface area (Å²) >= 11 is 13.8. The topological polar surface area (TPSA) is 76.0 Å². The van der Waals surface area contributed by atoms with Gasteiger partial charge in [0, 0.05) is 28.6 Å². The Morgan fingerprint density at radius 3 is 2.88 bits per heavy atom. The summed E-state index contributed by atoms with van der Waals surface area (Å²) < 4.78 is 1.55. The third-order valence-corrected chi connectivity index (χ3v) is 5.42. The first-order chi connectivity index (χ1) is 12.5. The molecule has 0 saturated carbocycles. The van der Waals surface area contributed by atoms with Gasteiger partial charge in [-0.05, 0) is 24.6 Å². The van der Waals surface area contributed by atoms with E-state index in [9.17, 15) is 9.59 Å². The summed E-state index contributed by atoms with van der Waals surface area (Å²) in [7, 11) is 0. The number of benzene rings is 1. The van der Waals surface area contributed by atoms with Crippen LogP contribution < -0.4 is 10.6 Å². The zero-order chi connectivity index (χ0) is 18.7. The van der Waals surface area contributed by atoms with Gasteiger partial charge in [-0.3, -0.25) is 9.59 Å². The Labute approximate surface area is 165 Å². The van der Waals surface area contributed by atoms with Crippen molar-refractivity contribution < 1.29 is 9.59 Å². The Morgan fingerprint density at radius 2 is 2.12 bits per heavy atom. The van der Waals surface area contributed by atoms with Gasteiger partial charge >= 0.3 is 0 Å². The molecule has 0 aliphatic carbocycles. The van der Waals surface area contributed by atoms with Gasteiger partial charge in [-0.1, -0.05) is 30.1 Å². The second-order valence-corrected chi connectivity index (χ2v) is 7.68. The first kappa shape index (κ1) is 19.1. The van der Waals surface area contributed by atoms with Crippen molar-refractivity contribution in [3.05, 3.63) is 45.1 Å². The Morgan fingerprint density at radius 1 is 1.31 bits per heavy atom. The molecular formula is C17H18Cl2N4O2S. The van der Waals surface area contributed by atoms with E-state index in [1.165, 1.54) is 6.07 Å². The van der Waals surface area contributed by atoms with Crippen molar-refractivity contribution in [2.75, 3.05) is 11.9 Å². The van der Waals surface area contributed by atoms with Crippen LogP contribution in [0.25, 0.3) is 0 Å². The van der Waals surface area contributed by atoms with E-state index in [2.05, 4.69) is 15.7 Å². The molecular weight excluding hydrogens is 395 g/mol. The molecule has 6 nitrogen and oxygen atoms in total. The van der Waals surface area contributed by atoms with Crippen LogP contribution in [0.2, 0.25) is 10.0 Å². The molecule has 1 aromatic heterocycles. The minimum atomic E-state index is -0.382. The number of anilines is 1. The van der Waals surface area contributed by atoms with Gasteiger partial charge in [0.25, 0.3) is 5.91 Å². The third kappa shape index (κ3) is 4.16. The molecule has 0 atom stereocenters. The maximum Gasteiger partial charge on any atom is 0.258 e. The van der Waals surface area contributed by atoms with Gasteiger partial charge in [-0.2, -0.15) is 16.9 Å². The lowest BCUT2D eigenvalue weighted by Gasteiger charge is -2.12. The monoisotopic (exact) mass is 412 g/mol. The lowest BCUT2D eigenvalue weighted by molar-refractivity contribution is -0.121. The smallest absolute Gasteiger partial charge is 0.258 e. The molecule has 0 spiro atoms. The van der Waals surface area contributed by atoms with Crippen molar-refractivity contribution >= 4 is 52.6 Å². The molecule has 2 aromatic rings. The summed E-state index contributed by atoms with van der Waals surface area (Å²) in [5, 5.41) is 10.9. The lowest BCUT2D eigenvalue weighted by Crippen LogP contribution is -2.29.